The van der Waals surface area contributed by atoms with Crippen molar-refractivity contribution in [2.75, 3.05) is 16.3 Å². The van der Waals surface area contributed by atoms with Crippen molar-refractivity contribution in [2.24, 2.45) is 16.2 Å². The fraction of sp³-hybridized carbons (Fsp3) is 0.292. The monoisotopic (exact) mass is 546 g/mol. The number of hydrogen-bond donors (Lipinski definition) is 2. The largest absolute Gasteiger partial charge is 0.341 e. The highest BCUT2D eigenvalue weighted by Gasteiger charge is 2.50. The predicted octanol–water partition coefficient (Wildman–Crippen LogP) is 2.27. The van der Waals surface area contributed by atoms with E-state index in [1.54, 1.807) is 12.1 Å². The van der Waals surface area contributed by atoms with Gasteiger partial charge in [-0.15, -0.1) is 4.40 Å². The first-order valence-electron chi connectivity index (χ1n) is 11.4. The zero-order valence-electron chi connectivity index (χ0n) is 19.6. The first kappa shape index (κ1) is 25.1. The van der Waals surface area contributed by atoms with Gasteiger partial charge in [-0.25, -0.2) is 12.8 Å². The Balaban J connectivity index is 1.51. The summed E-state index contributed by atoms with van der Waals surface area (Å²) in [5, 5.41) is 2.82. The Morgan fingerprint density at radius 2 is 1.89 bits per heavy atom. The summed E-state index contributed by atoms with van der Waals surface area (Å²) in [6, 6.07) is 8.98. The van der Waals surface area contributed by atoms with Gasteiger partial charge in [0.15, 0.2) is 11.7 Å². The lowest BCUT2D eigenvalue weighted by atomic mass is 9.75. The van der Waals surface area contributed by atoms with Crippen LogP contribution in [0.2, 0.25) is 0 Å². The third-order valence-corrected chi connectivity index (χ3v) is 8.45. The van der Waals surface area contributed by atoms with Crippen LogP contribution >= 0.6 is 0 Å². The molecule has 2 aliphatic heterocycles. The van der Waals surface area contributed by atoms with E-state index in [-0.39, 0.29) is 28.7 Å². The Hall–Kier alpha value is -3.58. The quantitative estimate of drug-likeness (QED) is 0.433. The van der Waals surface area contributed by atoms with E-state index in [9.17, 15) is 30.8 Å². The number of carbonyl (C=O) groups excluding carboxylic acids is 2. The molecule has 37 heavy (non-hydrogen) atoms. The highest BCUT2D eigenvalue weighted by Crippen LogP contribution is 2.37. The van der Waals surface area contributed by atoms with E-state index >= 15 is 0 Å². The molecule has 0 spiro atoms. The van der Waals surface area contributed by atoms with Gasteiger partial charge in [0.05, 0.1) is 18.0 Å². The molecule has 194 valence electrons. The first-order valence-corrected chi connectivity index (χ1v) is 14.8. The number of likely N-dealkylation sites (tertiary alicyclic amines) is 1. The van der Waals surface area contributed by atoms with Crippen LogP contribution in [0.3, 0.4) is 0 Å². The topological polar surface area (TPSA) is 142 Å². The van der Waals surface area contributed by atoms with Crippen molar-refractivity contribution >= 4 is 48.9 Å². The van der Waals surface area contributed by atoms with Crippen molar-refractivity contribution in [2.45, 2.75) is 30.3 Å². The number of allylic oxidation sites excluding steroid dienone is 1. The van der Waals surface area contributed by atoms with Crippen LogP contribution in [0.1, 0.15) is 18.4 Å². The van der Waals surface area contributed by atoms with Gasteiger partial charge in [0.25, 0.3) is 10.0 Å². The van der Waals surface area contributed by atoms with Crippen molar-refractivity contribution < 1.29 is 30.8 Å². The summed E-state index contributed by atoms with van der Waals surface area (Å²) < 4.78 is 68.6. The molecule has 5 rings (SSSR count). The fourth-order valence-electron chi connectivity index (χ4n) is 4.90. The number of nitrogens with zero attached hydrogens (tertiary/aromatic N) is 2. The van der Waals surface area contributed by atoms with Gasteiger partial charge in [0.2, 0.25) is 15.9 Å². The number of Topliss-reactive ketones (excluding diaryl/α,β-unsaturated/α-hetero) is 1. The van der Waals surface area contributed by atoms with Gasteiger partial charge in [-0.1, -0.05) is 24.3 Å². The molecule has 2 aromatic rings. The van der Waals surface area contributed by atoms with Crippen LogP contribution in [0.5, 0.6) is 0 Å². The molecule has 0 radical (unpaired) electrons. The minimum atomic E-state index is -4.36. The van der Waals surface area contributed by atoms with Gasteiger partial charge >= 0.3 is 0 Å². The molecule has 3 aliphatic rings. The number of hydrogen-bond acceptors (Lipinski definition) is 7. The SMILES string of the molecule is CS(=O)(=O)Nc1ccc2c(c1)S(=O)(=O)N=C(C1C(=O)C3CCC=CC3N(Cc3ccc(F)cc3)C1=O)N2. The number of halogens is 1. The Bertz CT molecular complexity index is 1570. The summed E-state index contributed by atoms with van der Waals surface area (Å²) in [4.78, 5) is 28.4. The number of nitrogens with one attached hydrogen (secondary N) is 2. The highest BCUT2D eigenvalue weighted by molar-refractivity contribution is 7.92. The number of benzene rings is 2. The van der Waals surface area contributed by atoms with Crippen molar-refractivity contribution in [3.63, 3.8) is 0 Å². The summed E-state index contributed by atoms with van der Waals surface area (Å²) in [6.07, 6.45) is 5.76. The molecule has 1 amide bonds. The Kier molecular flexibility index (Phi) is 6.15. The second-order valence-corrected chi connectivity index (χ2v) is 12.5. The summed E-state index contributed by atoms with van der Waals surface area (Å²) in [5.41, 5.74) is 0.751. The maximum absolute atomic E-state index is 13.7. The smallest absolute Gasteiger partial charge is 0.286 e. The minimum absolute atomic E-state index is 0.0254. The third-order valence-electron chi connectivity index (χ3n) is 6.51. The molecular formula is C24H23FN4O6S2. The molecule has 10 nitrogen and oxygen atoms in total. The average Bonchev–Trinajstić information content (AvgIpc) is 2.82. The zero-order chi connectivity index (χ0) is 26.5. The molecule has 13 heteroatoms. The van der Waals surface area contributed by atoms with E-state index in [0.29, 0.717) is 18.4 Å². The molecular weight excluding hydrogens is 523 g/mol. The van der Waals surface area contributed by atoms with Gasteiger partial charge < -0.3 is 10.2 Å². The fourth-order valence-corrected chi connectivity index (χ4v) is 6.64. The minimum Gasteiger partial charge on any atom is -0.341 e. The van der Waals surface area contributed by atoms with E-state index in [1.807, 2.05) is 12.2 Å². The van der Waals surface area contributed by atoms with Crippen molar-refractivity contribution in [1.82, 2.24) is 4.90 Å². The van der Waals surface area contributed by atoms with Crippen LogP contribution in [-0.4, -0.2) is 51.6 Å². The molecule has 0 saturated carbocycles. The number of sulfonamides is 2. The standard InChI is InChI=1S/C24H23FN4O6S2/c1-36(32,33)27-16-10-11-18-20(12-16)37(34,35)28-23(26-18)21-22(30)17-4-2-3-5-19(17)29(24(21)31)13-14-6-8-15(25)9-7-14/h3,5-12,17,19,21,27H,2,4,13H2,1H3,(H,26,28). The Morgan fingerprint density at radius 3 is 2.59 bits per heavy atom. The van der Waals surface area contributed by atoms with Gasteiger partial charge in [-0.3, -0.25) is 14.3 Å². The average molecular weight is 547 g/mol. The van der Waals surface area contributed by atoms with Crippen molar-refractivity contribution in [3.05, 3.63) is 66.0 Å². The van der Waals surface area contributed by atoms with Crippen LogP contribution in [0.15, 0.2) is 63.9 Å². The number of fused-ring (bicyclic) bond motifs is 2. The maximum atomic E-state index is 13.7. The number of amides is 1. The van der Waals surface area contributed by atoms with Gasteiger partial charge in [-0.2, -0.15) is 8.42 Å². The van der Waals surface area contributed by atoms with E-state index in [2.05, 4.69) is 14.4 Å². The van der Waals surface area contributed by atoms with Gasteiger partial charge in [-0.05, 0) is 48.7 Å². The lowest BCUT2D eigenvalue weighted by Crippen LogP contribution is -2.59. The Morgan fingerprint density at radius 1 is 1.16 bits per heavy atom. The third kappa shape index (κ3) is 4.88. The highest BCUT2D eigenvalue weighted by atomic mass is 32.2. The molecule has 1 saturated heterocycles. The summed E-state index contributed by atoms with van der Waals surface area (Å²) >= 11 is 0. The molecule has 0 aromatic heterocycles. The van der Waals surface area contributed by atoms with E-state index < -0.39 is 55.4 Å². The number of anilines is 2. The van der Waals surface area contributed by atoms with E-state index in [0.717, 1.165) is 12.3 Å². The van der Waals surface area contributed by atoms with Crippen molar-refractivity contribution in [3.8, 4) is 0 Å². The lowest BCUT2D eigenvalue weighted by molar-refractivity contribution is -0.149. The van der Waals surface area contributed by atoms with Gasteiger partial charge in [0.1, 0.15) is 16.5 Å². The maximum Gasteiger partial charge on any atom is 0.286 e. The molecule has 1 fully saturated rings. The van der Waals surface area contributed by atoms with Crippen LogP contribution < -0.4 is 10.0 Å². The second-order valence-electron chi connectivity index (χ2n) is 9.19. The van der Waals surface area contributed by atoms with E-state index in [1.165, 1.54) is 29.2 Å². The number of carbonyl (C=O) groups is 2. The first-order chi connectivity index (χ1) is 17.4. The molecule has 0 bridgehead atoms. The molecule has 1 aliphatic carbocycles. The normalized spacial score (nSPS) is 24.5. The van der Waals surface area contributed by atoms with Crippen molar-refractivity contribution in [1.29, 1.82) is 0 Å². The van der Waals surface area contributed by atoms with E-state index in [4.69, 9.17) is 0 Å². The zero-order valence-corrected chi connectivity index (χ0v) is 21.2. The lowest BCUT2D eigenvalue weighted by Gasteiger charge is -2.44. The number of amidine groups is 1. The second kappa shape index (κ2) is 9.06. The van der Waals surface area contributed by atoms with Crippen LogP contribution in [0, 0.1) is 17.7 Å². The number of rotatable bonds is 5. The molecule has 3 unspecified atom stereocenters. The summed E-state index contributed by atoms with van der Waals surface area (Å²) in [6.45, 7) is 0.103. The predicted molar refractivity (Wildman–Crippen MR) is 134 cm³/mol. The van der Waals surface area contributed by atoms with Crippen LogP contribution in [-0.2, 0) is 36.2 Å². The van der Waals surface area contributed by atoms with Crippen LogP contribution in [0.4, 0.5) is 15.8 Å². The summed E-state index contributed by atoms with van der Waals surface area (Å²) in [7, 11) is -8.02. The number of ketones is 1. The molecule has 3 atom stereocenters. The molecule has 2 N–H and O–H groups in total. The Labute approximate surface area is 213 Å². The summed E-state index contributed by atoms with van der Waals surface area (Å²) in [5.74, 6) is -3.77. The molecule has 2 heterocycles. The number of piperidine rings is 1. The molecule has 2 aromatic carbocycles. The van der Waals surface area contributed by atoms with Crippen LogP contribution in [0.25, 0.3) is 0 Å². The van der Waals surface area contributed by atoms with Gasteiger partial charge in [0, 0.05) is 18.2 Å².